The van der Waals surface area contributed by atoms with Crippen LogP contribution in [-0.2, 0) is 18.4 Å². The van der Waals surface area contributed by atoms with Crippen molar-refractivity contribution in [1.29, 1.82) is 0 Å². The Morgan fingerprint density at radius 2 is 1.66 bits per heavy atom. The Morgan fingerprint density at radius 1 is 1.03 bits per heavy atom. The number of amides is 1. The number of unbranched alkanes of at least 4 members (excludes halogenated alkanes) is 5. The van der Waals surface area contributed by atoms with E-state index in [1.54, 1.807) is 0 Å². The Balaban J connectivity index is 4.68. The number of carbonyl (C=O) groups is 1. The molecule has 29 heavy (non-hydrogen) atoms. The minimum Gasteiger partial charge on any atom is -0.391 e. The highest BCUT2D eigenvalue weighted by atomic mass is 31.2. The summed E-state index contributed by atoms with van der Waals surface area (Å²) in [5, 5.41) is 13.3. The second-order valence-electron chi connectivity index (χ2n) is 8.66. The highest BCUT2D eigenvalue weighted by Crippen LogP contribution is 2.43. The van der Waals surface area contributed by atoms with Crippen molar-refractivity contribution >= 4 is 13.7 Å². The third kappa shape index (κ3) is 16.9. The van der Waals surface area contributed by atoms with Gasteiger partial charge in [0.05, 0.1) is 39.9 Å². The lowest BCUT2D eigenvalue weighted by Gasteiger charge is -2.26. The average Bonchev–Trinajstić information content (AvgIpc) is 2.61. The number of likely N-dealkylation sites (N-methyl/N-ethyl adjacent to an activating group) is 1. The average molecular weight is 440 g/mol. The number of nitrogens with zero attached hydrogens (tertiary/aromatic N) is 1. The summed E-state index contributed by atoms with van der Waals surface area (Å²) < 4.78 is 22.8. The van der Waals surface area contributed by atoms with Crippen LogP contribution < -0.4 is 5.32 Å². The van der Waals surface area contributed by atoms with Gasteiger partial charge in [-0.2, -0.15) is 0 Å². The Bertz CT molecular complexity index is 484. The molecule has 0 aromatic rings. The monoisotopic (exact) mass is 439 g/mol. The number of quaternary nitrogens is 1. The number of hydrogen-bond acceptors (Lipinski definition) is 5. The van der Waals surface area contributed by atoms with E-state index in [0.717, 1.165) is 44.9 Å². The Hall–Kier alpha value is -0.500. The van der Waals surface area contributed by atoms with Crippen LogP contribution in [0.15, 0.2) is 0 Å². The van der Waals surface area contributed by atoms with Crippen LogP contribution >= 0.6 is 7.82 Å². The number of aliphatic hydroxyl groups is 1. The van der Waals surface area contributed by atoms with Crippen molar-refractivity contribution in [3.63, 3.8) is 0 Å². The van der Waals surface area contributed by atoms with Gasteiger partial charge in [-0.3, -0.25) is 13.8 Å². The minimum atomic E-state index is -4.25. The molecule has 0 bridgehead atoms. The number of hydrogen-bond donors (Lipinski definition) is 3. The molecule has 0 aliphatic rings. The Labute approximate surface area is 177 Å². The van der Waals surface area contributed by atoms with Crippen LogP contribution in [-0.4, -0.2) is 73.4 Å². The maximum Gasteiger partial charge on any atom is 0.472 e. The van der Waals surface area contributed by atoms with Crippen molar-refractivity contribution in [2.24, 2.45) is 0 Å². The molecule has 174 valence electrons. The van der Waals surface area contributed by atoms with Crippen LogP contribution in [0.2, 0.25) is 0 Å². The zero-order valence-corrected chi connectivity index (χ0v) is 20.0. The number of phosphoric acid groups is 1. The molecule has 0 radical (unpaired) electrons. The zero-order valence-electron chi connectivity index (χ0n) is 19.1. The van der Waals surface area contributed by atoms with Gasteiger partial charge in [0, 0.05) is 6.42 Å². The van der Waals surface area contributed by atoms with E-state index >= 15 is 0 Å². The minimum absolute atomic E-state index is 0.0743. The third-order valence-electron chi connectivity index (χ3n) is 4.61. The van der Waals surface area contributed by atoms with E-state index in [2.05, 4.69) is 19.2 Å². The highest BCUT2D eigenvalue weighted by molar-refractivity contribution is 7.47. The van der Waals surface area contributed by atoms with Crippen LogP contribution in [0.4, 0.5) is 0 Å². The van der Waals surface area contributed by atoms with Crippen LogP contribution in [0.25, 0.3) is 0 Å². The van der Waals surface area contributed by atoms with Gasteiger partial charge in [-0.05, 0) is 12.8 Å². The molecule has 0 rings (SSSR count). The molecule has 8 nitrogen and oxygen atoms in total. The number of aliphatic hydroxyl groups excluding tert-OH is 1. The molecule has 3 unspecified atom stereocenters. The van der Waals surface area contributed by atoms with Gasteiger partial charge >= 0.3 is 7.82 Å². The summed E-state index contributed by atoms with van der Waals surface area (Å²) in [7, 11) is 1.60. The van der Waals surface area contributed by atoms with E-state index in [1.807, 2.05) is 21.1 Å². The molecule has 9 heteroatoms. The maximum absolute atomic E-state index is 12.2. The van der Waals surface area contributed by atoms with Crippen molar-refractivity contribution in [2.75, 3.05) is 40.9 Å². The summed E-state index contributed by atoms with van der Waals surface area (Å²) in [6, 6.07) is -0.742. The van der Waals surface area contributed by atoms with Crippen molar-refractivity contribution in [3.8, 4) is 0 Å². The number of carbonyl (C=O) groups excluding carboxylic acids is 1. The summed E-state index contributed by atoms with van der Waals surface area (Å²) in [4.78, 5) is 22.1. The fourth-order valence-electron chi connectivity index (χ4n) is 2.69. The lowest BCUT2D eigenvalue weighted by molar-refractivity contribution is -0.870. The van der Waals surface area contributed by atoms with Gasteiger partial charge in [-0.15, -0.1) is 0 Å². The topological polar surface area (TPSA) is 105 Å². The van der Waals surface area contributed by atoms with Gasteiger partial charge < -0.3 is 19.8 Å². The smallest absolute Gasteiger partial charge is 0.391 e. The lowest BCUT2D eigenvalue weighted by Crippen LogP contribution is -2.46. The summed E-state index contributed by atoms with van der Waals surface area (Å²) in [6.45, 7) is 4.52. The van der Waals surface area contributed by atoms with Crippen LogP contribution in [0.1, 0.15) is 71.6 Å². The second-order valence-corrected chi connectivity index (χ2v) is 10.1. The van der Waals surface area contributed by atoms with Gasteiger partial charge in [0.15, 0.2) is 0 Å². The van der Waals surface area contributed by atoms with E-state index in [9.17, 15) is 19.4 Å². The Morgan fingerprint density at radius 3 is 2.24 bits per heavy atom. The first-order valence-electron chi connectivity index (χ1n) is 10.9. The quantitative estimate of drug-likeness (QED) is 0.172. The highest BCUT2D eigenvalue weighted by Gasteiger charge is 2.28. The number of rotatable bonds is 18. The van der Waals surface area contributed by atoms with Crippen molar-refractivity contribution in [2.45, 2.75) is 83.8 Å². The molecular formula is C20H44N2O6P+. The molecule has 3 N–H and O–H groups in total. The molecule has 3 atom stereocenters. The third-order valence-corrected chi connectivity index (χ3v) is 5.59. The van der Waals surface area contributed by atoms with Gasteiger partial charge in [-0.25, -0.2) is 4.57 Å². The fraction of sp³-hybridized carbons (Fsp3) is 0.950. The Kier molecular flexibility index (Phi) is 15.1. The van der Waals surface area contributed by atoms with Crippen molar-refractivity contribution in [1.82, 2.24) is 5.32 Å². The molecule has 0 aliphatic heterocycles. The summed E-state index contributed by atoms with van der Waals surface area (Å²) in [5.41, 5.74) is 0. The molecule has 0 fully saturated rings. The predicted molar refractivity (Wildman–Crippen MR) is 115 cm³/mol. The molecular weight excluding hydrogens is 395 g/mol. The van der Waals surface area contributed by atoms with E-state index in [4.69, 9.17) is 9.05 Å². The van der Waals surface area contributed by atoms with E-state index in [-0.39, 0.29) is 19.1 Å². The second kappa shape index (κ2) is 15.3. The summed E-state index contributed by atoms with van der Waals surface area (Å²) in [5.74, 6) is -0.182. The van der Waals surface area contributed by atoms with Crippen molar-refractivity contribution in [3.05, 3.63) is 0 Å². The lowest BCUT2D eigenvalue weighted by atomic mass is 10.0. The van der Waals surface area contributed by atoms with E-state index in [1.165, 1.54) is 0 Å². The van der Waals surface area contributed by atoms with Crippen LogP contribution in [0.3, 0.4) is 0 Å². The normalized spacial score (nSPS) is 16.2. The first-order chi connectivity index (χ1) is 13.5. The standard InChI is InChI=1S/C20H43N2O6P/c1-6-8-10-12-13-19(23)18(21-20(24)14-11-9-7-2)17-28-29(25,26)27-16-15-22(3,4)5/h18-19,23H,6-17H2,1-5H3,(H-,21,24,25,26)/p+1. The largest absolute Gasteiger partial charge is 0.472 e. The first kappa shape index (κ1) is 28.5. The molecule has 0 aromatic carbocycles. The molecule has 0 spiro atoms. The fourth-order valence-corrected chi connectivity index (χ4v) is 3.42. The molecule has 0 saturated carbocycles. The van der Waals surface area contributed by atoms with Crippen LogP contribution in [0.5, 0.6) is 0 Å². The number of nitrogens with one attached hydrogen (secondary N) is 1. The van der Waals surface area contributed by atoms with Crippen LogP contribution in [0, 0.1) is 0 Å². The molecule has 1 amide bonds. The van der Waals surface area contributed by atoms with Gasteiger partial charge in [0.25, 0.3) is 0 Å². The predicted octanol–water partition coefficient (Wildman–Crippen LogP) is 3.22. The SMILES string of the molecule is CCCCCCC(O)C(COP(=O)(O)OCC[N+](C)(C)C)NC(=O)CCCCC. The van der Waals surface area contributed by atoms with Gasteiger partial charge in [0.1, 0.15) is 13.2 Å². The molecule has 0 aliphatic carbocycles. The maximum atomic E-state index is 12.2. The van der Waals surface area contributed by atoms with Gasteiger partial charge in [-0.1, -0.05) is 52.4 Å². The summed E-state index contributed by atoms with van der Waals surface area (Å²) >= 11 is 0. The number of phosphoric ester groups is 1. The van der Waals surface area contributed by atoms with E-state index in [0.29, 0.717) is 23.9 Å². The van der Waals surface area contributed by atoms with E-state index < -0.39 is 20.0 Å². The molecule has 0 saturated heterocycles. The van der Waals surface area contributed by atoms with Crippen molar-refractivity contribution < 1.29 is 32.9 Å². The molecule has 0 aromatic heterocycles. The van der Waals surface area contributed by atoms with Gasteiger partial charge in [0.2, 0.25) is 5.91 Å². The molecule has 0 heterocycles. The summed E-state index contributed by atoms with van der Waals surface area (Å²) in [6.07, 6.45) is 6.77. The zero-order chi connectivity index (χ0) is 22.3. The first-order valence-corrected chi connectivity index (χ1v) is 12.4.